The topological polar surface area (TPSA) is 78.9 Å². The van der Waals surface area contributed by atoms with Crippen LogP contribution in [0.5, 0.6) is 0 Å². The van der Waals surface area contributed by atoms with Crippen molar-refractivity contribution in [2.24, 2.45) is 5.92 Å². The summed E-state index contributed by atoms with van der Waals surface area (Å²) in [5, 5.41) is 11.9. The second-order valence-corrected chi connectivity index (χ2v) is 5.31. The second-order valence-electron chi connectivity index (χ2n) is 5.31. The Morgan fingerprint density at radius 1 is 1.19 bits per heavy atom. The van der Waals surface area contributed by atoms with Crippen LogP contribution in [-0.2, 0) is 9.53 Å². The fourth-order valence-electron chi connectivity index (χ4n) is 2.27. The molecule has 0 saturated carbocycles. The Balaban J connectivity index is 4.95. The minimum absolute atomic E-state index is 0.0894. The van der Waals surface area contributed by atoms with E-state index in [0.717, 1.165) is 12.8 Å². The molecule has 0 radical (unpaired) electrons. The van der Waals surface area contributed by atoms with Crippen LogP contribution >= 0.6 is 0 Å². The van der Waals surface area contributed by atoms with Gasteiger partial charge in [0.1, 0.15) is 6.04 Å². The van der Waals surface area contributed by atoms with E-state index in [1.165, 1.54) is 0 Å². The SMILES string of the molecule is CCC(C)[C@H](NC(=O)N(CCOC)C(CC)CC)C(=O)O. The van der Waals surface area contributed by atoms with Crippen LogP contribution < -0.4 is 5.32 Å². The van der Waals surface area contributed by atoms with Gasteiger partial charge in [-0.05, 0) is 18.8 Å². The number of methoxy groups -OCH3 is 1. The summed E-state index contributed by atoms with van der Waals surface area (Å²) < 4.78 is 5.04. The molecule has 0 aliphatic rings. The van der Waals surface area contributed by atoms with Gasteiger partial charge in [-0.15, -0.1) is 0 Å². The molecule has 2 amide bonds. The van der Waals surface area contributed by atoms with Crippen molar-refractivity contribution in [2.75, 3.05) is 20.3 Å². The van der Waals surface area contributed by atoms with E-state index in [1.807, 2.05) is 27.7 Å². The van der Waals surface area contributed by atoms with Gasteiger partial charge in [-0.2, -0.15) is 0 Å². The lowest BCUT2D eigenvalue weighted by molar-refractivity contribution is -0.140. The number of nitrogens with one attached hydrogen (secondary N) is 1. The molecular weight excluding hydrogens is 272 g/mol. The van der Waals surface area contributed by atoms with Gasteiger partial charge in [0.2, 0.25) is 0 Å². The lowest BCUT2D eigenvalue weighted by Gasteiger charge is -2.32. The van der Waals surface area contributed by atoms with Gasteiger partial charge in [-0.25, -0.2) is 9.59 Å². The number of urea groups is 1. The van der Waals surface area contributed by atoms with Gasteiger partial charge in [0.05, 0.1) is 6.61 Å². The number of carboxylic acid groups (broad SMARTS) is 1. The van der Waals surface area contributed by atoms with Crippen LogP contribution in [0, 0.1) is 5.92 Å². The minimum Gasteiger partial charge on any atom is -0.480 e. The van der Waals surface area contributed by atoms with Crippen LogP contribution in [0.1, 0.15) is 47.0 Å². The van der Waals surface area contributed by atoms with Crippen LogP contribution in [0.4, 0.5) is 4.79 Å². The van der Waals surface area contributed by atoms with Gasteiger partial charge in [0.25, 0.3) is 0 Å². The third-order valence-electron chi connectivity index (χ3n) is 3.94. The normalized spacial score (nSPS) is 13.8. The Kier molecular flexibility index (Phi) is 9.78. The summed E-state index contributed by atoms with van der Waals surface area (Å²) in [4.78, 5) is 25.4. The van der Waals surface area contributed by atoms with Crippen LogP contribution in [0.15, 0.2) is 0 Å². The molecule has 0 saturated heterocycles. The quantitative estimate of drug-likeness (QED) is 0.649. The molecule has 1 unspecified atom stereocenters. The molecule has 0 aliphatic carbocycles. The van der Waals surface area contributed by atoms with Crippen molar-refractivity contribution in [1.82, 2.24) is 10.2 Å². The standard InChI is InChI=1S/C15H30N2O4/c1-6-11(4)13(14(18)19)16-15(20)17(9-10-21-5)12(7-2)8-3/h11-13H,6-10H2,1-5H3,(H,16,20)(H,18,19)/t11?,13-/m0/s1. The lowest BCUT2D eigenvalue weighted by Crippen LogP contribution is -2.53. The largest absolute Gasteiger partial charge is 0.480 e. The average Bonchev–Trinajstić information content (AvgIpc) is 2.47. The maximum absolute atomic E-state index is 12.4. The van der Waals surface area contributed by atoms with Crippen molar-refractivity contribution >= 4 is 12.0 Å². The van der Waals surface area contributed by atoms with Crippen molar-refractivity contribution in [1.29, 1.82) is 0 Å². The number of nitrogens with zero attached hydrogens (tertiary/aromatic N) is 1. The summed E-state index contributed by atoms with van der Waals surface area (Å²) in [5.41, 5.74) is 0. The summed E-state index contributed by atoms with van der Waals surface area (Å²) in [7, 11) is 1.59. The first-order valence-electron chi connectivity index (χ1n) is 7.71. The molecule has 0 fully saturated rings. The zero-order valence-electron chi connectivity index (χ0n) is 13.9. The first-order chi connectivity index (χ1) is 9.92. The highest BCUT2D eigenvalue weighted by atomic mass is 16.5. The van der Waals surface area contributed by atoms with Gasteiger partial charge in [-0.1, -0.05) is 34.1 Å². The number of hydrogen-bond acceptors (Lipinski definition) is 3. The molecule has 21 heavy (non-hydrogen) atoms. The lowest BCUT2D eigenvalue weighted by atomic mass is 9.99. The van der Waals surface area contributed by atoms with E-state index < -0.39 is 12.0 Å². The molecule has 0 aromatic heterocycles. The predicted octanol–water partition coefficient (Wildman–Crippen LogP) is 2.33. The number of hydrogen-bond donors (Lipinski definition) is 2. The maximum atomic E-state index is 12.4. The summed E-state index contributed by atoms with van der Waals surface area (Å²) in [5.74, 6) is -1.11. The molecule has 6 nitrogen and oxygen atoms in total. The molecule has 2 N–H and O–H groups in total. The highest BCUT2D eigenvalue weighted by molar-refractivity contribution is 5.83. The fraction of sp³-hybridized carbons (Fsp3) is 0.867. The van der Waals surface area contributed by atoms with Crippen LogP contribution in [0.2, 0.25) is 0 Å². The van der Waals surface area contributed by atoms with E-state index in [2.05, 4.69) is 5.32 Å². The molecule has 0 aromatic carbocycles. The van der Waals surface area contributed by atoms with Crippen LogP contribution in [0.25, 0.3) is 0 Å². The summed E-state index contributed by atoms with van der Waals surface area (Å²) in [6.45, 7) is 8.67. The summed E-state index contributed by atoms with van der Waals surface area (Å²) >= 11 is 0. The van der Waals surface area contributed by atoms with Crippen molar-refractivity contribution < 1.29 is 19.4 Å². The van der Waals surface area contributed by atoms with Gasteiger partial charge in [0, 0.05) is 19.7 Å². The first kappa shape index (κ1) is 19.7. The van der Waals surface area contributed by atoms with Crippen LogP contribution in [0.3, 0.4) is 0 Å². The van der Waals surface area contributed by atoms with Gasteiger partial charge >= 0.3 is 12.0 Å². The first-order valence-corrected chi connectivity index (χ1v) is 7.71. The van der Waals surface area contributed by atoms with Crippen molar-refractivity contribution in [3.63, 3.8) is 0 Å². The summed E-state index contributed by atoms with van der Waals surface area (Å²) in [6.07, 6.45) is 2.35. The monoisotopic (exact) mass is 302 g/mol. The van der Waals surface area contributed by atoms with E-state index in [4.69, 9.17) is 4.74 Å². The second kappa shape index (κ2) is 10.4. The summed E-state index contributed by atoms with van der Waals surface area (Å²) in [6, 6.07) is -1.10. The number of ether oxygens (including phenoxy) is 1. The zero-order valence-corrected chi connectivity index (χ0v) is 13.9. The highest BCUT2D eigenvalue weighted by Gasteiger charge is 2.29. The number of amides is 2. The van der Waals surface area contributed by atoms with E-state index in [1.54, 1.807) is 12.0 Å². The molecule has 0 spiro atoms. The van der Waals surface area contributed by atoms with Crippen LogP contribution in [-0.4, -0.2) is 54.4 Å². The molecular formula is C15H30N2O4. The Morgan fingerprint density at radius 2 is 1.76 bits per heavy atom. The molecule has 0 rings (SSSR count). The highest BCUT2D eigenvalue weighted by Crippen LogP contribution is 2.12. The predicted molar refractivity (Wildman–Crippen MR) is 82.4 cm³/mol. The van der Waals surface area contributed by atoms with E-state index >= 15 is 0 Å². The average molecular weight is 302 g/mol. The zero-order chi connectivity index (χ0) is 16.4. The number of aliphatic carboxylic acids is 1. The van der Waals surface area contributed by atoms with Gasteiger partial charge in [0.15, 0.2) is 0 Å². The van der Waals surface area contributed by atoms with Gasteiger partial charge < -0.3 is 20.1 Å². The Bertz CT molecular complexity index is 319. The Morgan fingerprint density at radius 3 is 2.14 bits per heavy atom. The number of carbonyl (C=O) groups excluding carboxylic acids is 1. The Labute approximate surface area is 127 Å². The third kappa shape index (κ3) is 6.33. The van der Waals surface area contributed by atoms with E-state index in [-0.39, 0.29) is 18.0 Å². The minimum atomic E-state index is -0.992. The smallest absolute Gasteiger partial charge is 0.326 e. The molecule has 0 heterocycles. The molecule has 0 aliphatic heterocycles. The van der Waals surface area contributed by atoms with Crippen molar-refractivity contribution in [3.05, 3.63) is 0 Å². The molecule has 0 bridgehead atoms. The molecule has 6 heteroatoms. The Hall–Kier alpha value is -1.30. The van der Waals surface area contributed by atoms with Crippen molar-refractivity contribution in [3.8, 4) is 0 Å². The molecule has 2 atom stereocenters. The van der Waals surface area contributed by atoms with E-state index in [9.17, 15) is 14.7 Å². The number of rotatable bonds is 10. The van der Waals surface area contributed by atoms with Gasteiger partial charge in [-0.3, -0.25) is 0 Å². The third-order valence-corrected chi connectivity index (χ3v) is 3.94. The van der Waals surface area contributed by atoms with E-state index in [0.29, 0.717) is 19.6 Å². The number of carboxylic acids is 1. The molecule has 0 aromatic rings. The number of carbonyl (C=O) groups is 2. The maximum Gasteiger partial charge on any atom is 0.326 e. The van der Waals surface area contributed by atoms with Crippen molar-refractivity contribution in [2.45, 2.75) is 59.0 Å². The molecule has 124 valence electrons. The fourth-order valence-corrected chi connectivity index (χ4v) is 2.27.